The molecular weight excluding hydrogens is 562 g/mol. The van der Waals surface area contributed by atoms with Gasteiger partial charge in [-0.05, 0) is 30.5 Å². The number of benzene rings is 1. The van der Waals surface area contributed by atoms with Crippen molar-refractivity contribution in [2.75, 3.05) is 44.2 Å². The highest BCUT2D eigenvalue weighted by Gasteiger charge is 2.44. The molecule has 13 heteroatoms. The Morgan fingerprint density at radius 2 is 1.93 bits per heavy atom. The highest BCUT2D eigenvalue weighted by molar-refractivity contribution is 6.33. The first kappa shape index (κ1) is 29.1. The van der Waals surface area contributed by atoms with E-state index < -0.39 is 11.9 Å². The first-order valence-corrected chi connectivity index (χ1v) is 14.1. The second-order valence-corrected chi connectivity index (χ2v) is 11.0. The number of nitrogens with one attached hydrogen (secondary N) is 2. The van der Waals surface area contributed by atoms with Crippen molar-refractivity contribution in [2.45, 2.75) is 31.2 Å². The van der Waals surface area contributed by atoms with E-state index in [1.54, 1.807) is 17.0 Å². The summed E-state index contributed by atoms with van der Waals surface area (Å²) in [6.45, 7) is 4.88. The number of carboxylic acid groups (broad SMARTS) is 1. The molecular formula is C29H32ClN7O5. The van der Waals surface area contributed by atoms with E-state index in [1.807, 2.05) is 35.2 Å². The van der Waals surface area contributed by atoms with E-state index in [4.69, 9.17) is 21.4 Å². The van der Waals surface area contributed by atoms with Crippen LogP contribution in [-0.2, 0) is 0 Å². The zero-order valence-electron chi connectivity index (χ0n) is 23.1. The first-order valence-electron chi connectivity index (χ1n) is 13.7. The number of rotatable bonds is 10. The van der Waals surface area contributed by atoms with Gasteiger partial charge in [-0.3, -0.25) is 4.79 Å². The lowest BCUT2D eigenvalue weighted by molar-refractivity contribution is 0.0689. The van der Waals surface area contributed by atoms with Gasteiger partial charge in [0.2, 0.25) is 0 Å². The molecule has 2 aromatic heterocycles. The van der Waals surface area contributed by atoms with Gasteiger partial charge in [-0.2, -0.15) is 0 Å². The number of nitrogens with zero attached hydrogens (tertiary/aromatic N) is 5. The molecule has 220 valence electrons. The average Bonchev–Trinajstić information content (AvgIpc) is 3.30. The second-order valence-electron chi connectivity index (χ2n) is 10.6. The molecule has 0 aliphatic carbocycles. The average molecular weight is 594 g/mol. The monoisotopic (exact) mass is 593 g/mol. The van der Waals surface area contributed by atoms with Crippen molar-refractivity contribution < 1.29 is 24.2 Å². The van der Waals surface area contributed by atoms with Crippen molar-refractivity contribution in [1.29, 1.82) is 0 Å². The maximum atomic E-state index is 12.7. The Morgan fingerprint density at radius 1 is 1.17 bits per heavy atom. The third-order valence-corrected chi connectivity index (χ3v) is 7.92. The fraction of sp³-hybridized carbons (Fsp3) is 0.379. The number of aromatic carboxylic acids is 1. The van der Waals surface area contributed by atoms with Crippen LogP contribution >= 0.6 is 11.6 Å². The SMILES string of the molecule is C[C@H](COc1cnc(C(=O)NCCN2CC3(CCN(c4ccc(C(=O)O)nn4)CC3)NC2=O)c(Cl)c1)c1ccccc1. The number of carboxylic acids is 1. The molecule has 1 atom stereocenters. The van der Waals surface area contributed by atoms with Crippen LogP contribution in [0.25, 0.3) is 0 Å². The molecule has 3 amide bonds. The minimum Gasteiger partial charge on any atom is -0.491 e. The molecule has 2 saturated heterocycles. The summed E-state index contributed by atoms with van der Waals surface area (Å²) in [5.41, 5.74) is 0.779. The maximum Gasteiger partial charge on any atom is 0.356 e. The van der Waals surface area contributed by atoms with Crippen LogP contribution in [0.3, 0.4) is 0 Å². The minimum absolute atomic E-state index is 0.0920. The third kappa shape index (κ3) is 6.71. The van der Waals surface area contributed by atoms with Gasteiger partial charge in [-0.15, -0.1) is 10.2 Å². The molecule has 42 heavy (non-hydrogen) atoms. The highest BCUT2D eigenvalue weighted by Crippen LogP contribution is 2.30. The molecule has 0 unspecified atom stereocenters. The molecule has 2 fully saturated rings. The smallest absolute Gasteiger partial charge is 0.356 e. The van der Waals surface area contributed by atoms with Crippen molar-refractivity contribution >= 4 is 35.3 Å². The number of aromatic nitrogens is 3. The molecule has 5 rings (SSSR count). The van der Waals surface area contributed by atoms with E-state index >= 15 is 0 Å². The summed E-state index contributed by atoms with van der Waals surface area (Å²) in [4.78, 5) is 44.4. The van der Waals surface area contributed by atoms with Gasteiger partial charge in [0.15, 0.2) is 11.5 Å². The molecule has 4 heterocycles. The lowest BCUT2D eigenvalue weighted by Crippen LogP contribution is -2.52. The highest BCUT2D eigenvalue weighted by atomic mass is 35.5. The van der Waals surface area contributed by atoms with Crippen LogP contribution in [0.2, 0.25) is 5.02 Å². The number of urea groups is 1. The van der Waals surface area contributed by atoms with Gasteiger partial charge >= 0.3 is 12.0 Å². The summed E-state index contributed by atoms with van der Waals surface area (Å²) in [5.74, 6) is -0.291. The molecule has 0 radical (unpaired) electrons. The first-order chi connectivity index (χ1) is 20.2. The summed E-state index contributed by atoms with van der Waals surface area (Å²) in [6.07, 6.45) is 2.87. The summed E-state index contributed by atoms with van der Waals surface area (Å²) < 4.78 is 5.84. The summed E-state index contributed by atoms with van der Waals surface area (Å²) >= 11 is 6.34. The number of piperidine rings is 1. The Balaban J connectivity index is 1.07. The van der Waals surface area contributed by atoms with Crippen molar-refractivity contribution in [1.82, 2.24) is 30.7 Å². The number of amides is 3. The van der Waals surface area contributed by atoms with Gasteiger partial charge in [0, 0.05) is 44.7 Å². The largest absolute Gasteiger partial charge is 0.491 e. The topological polar surface area (TPSA) is 150 Å². The number of pyridine rings is 1. The lowest BCUT2D eigenvalue weighted by Gasteiger charge is -2.39. The zero-order chi connectivity index (χ0) is 29.7. The molecule has 1 aromatic carbocycles. The molecule has 0 bridgehead atoms. The number of hydrogen-bond donors (Lipinski definition) is 3. The maximum absolute atomic E-state index is 12.7. The number of hydrogen-bond acceptors (Lipinski definition) is 8. The Kier molecular flexibility index (Phi) is 8.72. The van der Waals surface area contributed by atoms with E-state index in [1.165, 1.54) is 12.3 Å². The lowest BCUT2D eigenvalue weighted by atomic mass is 9.88. The van der Waals surface area contributed by atoms with E-state index in [-0.39, 0.29) is 40.4 Å². The van der Waals surface area contributed by atoms with Crippen LogP contribution in [0.1, 0.15) is 52.2 Å². The summed E-state index contributed by atoms with van der Waals surface area (Å²) in [5, 5.41) is 22.9. The standard InChI is InChI=1S/C29H32ClN7O5/c1-19(20-5-3-2-4-6-20)17-42-21-15-22(30)25(32-16-21)26(38)31-11-14-37-18-29(33-28(37)41)9-12-36(13-10-29)24-8-7-23(27(39)40)34-35-24/h2-8,15-16,19H,9-14,17-18H2,1H3,(H,31,38)(H,33,41)(H,39,40)/t19-/m1/s1. The van der Waals surface area contributed by atoms with Gasteiger partial charge < -0.3 is 30.3 Å². The Hall–Kier alpha value is -4.45. The molecule has 12 nitrogen and oxygen atoms in total. The van der Waals surface area contributed by atoms with Crippen molar-refractivity contribution in [3.63, 3.8) is 0 Å². The minimum atomic E-state index is -1.12. The predicted octanol–water partition coefficient (Wildman–Crippen LogP) is 3.20. The Morgan fingerprint density at radius 3 is 2.60 bits per heavy atom. The van der Waals surface area contributed by atoms with Crippen LogP contribution in [0, 0.1) is 0 Å². The quantitative estimate of drug-likeness (QED) is 0.322. The normalized spacial score (nSPS) is 16.7. The van der Waals surface area contributed by atoms with Crippen LogP contribution in [0.15, 0.2) is 54.7 Å². The van der Waals surface area contributed by atoms with Crippen LogP contribution in [-0.4, -0.2) is 88.0 Å². The van der Waals surface area contributed by atoms with Crippen molar-refractivity contribution in [3.05, 3.63) is 76.7 Å². The van der Waals surface area contributed by atoms with E-state index in [9.17, 15) is 14.4 Å². The van der Waals surface area contributed by atoms with Crippen molar-refractivity contribution in [2.24, 2.45) is 0 Å². The van der Waals surface area contributed by atoms with Crippen LogP contribution in [0.4, 0.5) is 10.6 Å². The van der Waals surface area contributed by atoms with Gasteiger partial charge in [0.1, 0.15) is 11.4 Å². The molecule has 0 saturated carbocycles. The number of carbonyl (C=O) groups excluding carboxylic acids is 2. The van der Waals surface area contributed by atoms with Crippen LogP contribution < -0.4 is 20.3 Å². The van der Waals surface area contributed by atoms with Gasteiger partial charge in [0.25, 0.3) is 5.91 Å². The van der Waals surface area contributed by atoms with Gasteiger partial charge in [-0.1, -0.05) is 48.9 Å². The van der Waals surface area contributed by atoms with Crippen LogP contribution in [0.5, 0.6) is 5.75 Å². The van der Waals surface area contributed by atoms with E-state index in [0.717, 1.165) is 5.56 Å². The summed E-state index contributed by atoms with van der Waals surface area (Å²) in [7, 11) is 0. The van der Waals surface area contributed by atoms with Gasteiger partial charge in [0.05, 0.1) is 23.4 Å². The molecule has 1 spiro atoms. The Bertz CT molecular complexity index is 1430. The van der Waals surface area contributed by atoms with Crippen molar-refractivity contribution in [3.8, 4) is 5.75 Å². The zero-order valence-corrected chi connectivity index (χ0v) is 23.9. The molecule has 3 aromatic rings. The Labute approximate surface area is 248 Å². The number of anilines is 1. The molecule has 3 N–H and O–H groups in total. The number of ether oxygens (including phenoxy) is 1. The number of halogens is 1. The molecule has 2 aliphatic rings. The summed E-state index contributed by atoms with van der Waals surface area (Å²) in [6, 6.07) is 14.5. The van der Waals surface area contributed by atoms with E-state index in [2.05, 4.69) is 32.7 Å². The predicted molar refractivity (Wildman–Crippen MR) is 155 cm³/mol. The fourth-order valence-electron chi connectivity index (χ4n) is 5.17. The third-order valence-electron chi connectivity index (χ3n) is 7.63. The van der Waals surface area contributed by atoms with E-state index in [0.29, 0.717) is 57.2 Å². The number of carbonyl (C=O) groups is 3. The second kappa shape index (κ2) is 12.6. The fourth-order valence-corrected chi connectivity index (χ4v) is 5.41. The van der Waals surface area contributed by atoms with Gasteiger partial charge in [-0.25, -0.2) is 14.6 Å². The molecule has 2 aliphatic heterocycles.